The van der Waals surface area contributed by atoms with Crippen LogP contribution >= 0.6 is 0 Å². The van der Waals surface area contributed by atoms with Crippen LogP contribution in [0.5, 0.6) is 0 Å². The molecule has 1 aromatic rings. The average Bonchev–Trinajstić information content (AvgIpc) is 2.40. The number of nitrogens with zero attached hydrogens (tertiary/aromatic N) is 1. The Morgan fingerprint density at radius 3 is 2.76 bits per heavy atom. The van der Waals surface area contributed by atoms with Gasteiger partial charge in [0, 0.05) is 24.2 Å². The van der Waals surface area contributed by atoms with Gasteiger partial charge in [-0.3, -0.25) is 4.99 Å². The molecule has 1 aromatic carbocycles. The third-order valence-corrected chi connectivity index (χ3v) is 4.01. The number of rotatable bonds is 1. The number of para-hydroxylation sites is 1. The second-order valence-corrected chi connectivity index (χ2v) is 5.14. The Morgan fingerprint density at radius 2 is 1.88 bits per heavy atom. The molecule has 1 saturated heterocycles. The fraction of sp³-hybridized carbons (Fsp3) is 0.533. The molecule has 3 rings (SSSR count). The van der Waals surface area contributed by atoms with Gasteiger partial charge >= 0.3 is 0 Å². The molecule has 0 spiro atoms. The lowest BCUT2D eigenvalue weighted by Gasteiger charge is -2.37. The average molecular weight is 228 g/mol. The van der Waals surface area contributed by atoms with E-state index < -0.39 is 0 Å². The minimum atomic E-state index is 0.692. The van der Waals surface area contributed by atoms with Gasteiger partial charge in [-0.1, -0.05) is 31.0 Å². The van der Waals surface area contributed by atoms with Gasteiger partial charge in [0.05, 0.1) is 5.69 Å². The first-order chi connectivity index (χ1) is 8.43. The van der Waals surface area contributed by atoms with Gasteiger partial charge in [0.25, 0.3) is 0 Å². The third-order valence-electron chi connectivity index (χ3n) is 4.01. The highest BCUT2D eigenvalue weighted by Crippen LogP contribution is 2.30. The van der Waals surface area contributed by atoms with Crippen LogP contribution in [-0.2, 0) is 0 Å². The van der Waals surface area contributed by atoms with Crippen LogP contribution in [0, 0.1) is 5.92 Å². The first-order valence-electron chi connectivity index (χ1n) is 6.79. The summed E-state index contributed by atoms with van der Waals surface area (Å²) < 4.78 is 0. The van der Waals surface area contributed by atoms with E-state index in [-0.39, 0.29) is 0 Å². The zero-order chi connectivity index (χ0) is 11.5. The predicted molar refractivity (Wildman–Crippen MR) is 71.9 cm³/mol. The molecule has 0 aromatic heterocycles. The van der Waals surface area contributed by atoms with Crippen molar-refractivity contribution >= 4 is 11.4 Å². The Labute approximate surface area is 103 Å². The molecule has 90 valence electrons. The summed E-state index contributed by atoms with van der Waals surface area (Å²) >= 11 is 0. The molecule has 2 heteroatoms. The van der Waals surface area contributed by atoms with Crippen molar-refractivity contribution < 1.29 is 0 Å². The Morgan fingerprint density at radius 1 is 1.06 bits per heavy atom. The van der Waals surface area contributed by atoms with E-state index in [9.17, 15) is 0 Å². The number of fused-ring (bicyclic) bond motifs is 1. The van der Waals surface area contributed by atoms with Crippen LogP contribution in [0.4, 0.5) is 5.69 Å². The van der Waals surface area contributed by atoms with Crippen molar-refractivity contribution in [1.29, 1.82) is 0 Å². The summed E-state index contributed by atoms with van der Waals surface area (Å²) in [4.78, 5) is 4.88. The zero-order valence-corrected chi connectivity index (χ0v) is 10.2. The summed E-state index contributed by atoms with van der Waals surface area (Å²) in [6.45, 7) is 1.10. The van der Waals surface area contributed by atoms with E-state index in [0.717, 1.165) is 18.7 Å². The smallest absolute Gasteiger partial charge is 0.0629 e. The quantitative estimate of drug-likeness (QED) is 0.783. The Bertz CT molecular complexity index is 395. The van der Waals surface area contributed by atoms with Gasteiger partial charge in [0.2, 0.25) is 0 Å². The Kier molecular flexibility index (Phi) is 3.23. The molecule has 1 N–H and O–H groups in total. The first-order valence-corrected chi connectivity index (χ1v) is 6.79. The lowest BCUT2D eigenvalue weighted by Crippen LogP contribution is -2.47. The summed E-state index contributed by atoms with van der Waals surface area (Å²) in [5.41, 5.74) is 2.55. The predicted octanol–water partition coefficient (Wildman–Crippen LogP) is 3.31. The van der Waals surface area contributed by atoms with E-state index in [1.807, 2.05) is 0 Å². The summed E-state index contributed by atoms with van der Waals surface area (Å²) in [5.74, 6) is 0.692. The molecular weight excluding hydrogens is 208 g/mol. The fourth-order valence-corrected chi connectivity index (χ4v) is 3.15. The van der Waals surface area contributed by atoms with Gasteiger partial charge in [-0.2, -0.15) is 0 Å². The van der Waals surface area contributed by atoms with Crippen molar-refractivity contribution in [2.45, 2.75) is 38.1 Å². The first kappa shape index (κ1) is 11.0. The van der Waals surface area contributed by atoms with Gasteiger partial charge in [-0.15, -0.1) is 0 Å². The summed E-state index contributed by atoms with van der Waals surface area (Å²) in [5, 5.41) is 3.66. The summed E-state index contributed by atoms with van der Waals surface area (Å²) in [6, 6.07) is 11.1. The van der Waals surface area contributed by atoms with Crippen molar-refractivity contribution in [2.75, 3.05) is 6.54 Å². The van der Waals surface area contributed by atoms with Crippen molar-refractivity contribution in [2.24, 2.45) is 10.9 Å². The van der Waals surface area contributed by atoms with Crippen LogP contribution in [-0.4, -0.2) is 18.3 Å². The maximum atomic E-state index is 4.88. The van der Waals surface area contributed by atoms with E-state index in [1.54, 1.807) is 0 Å². The molecular formula is C15H20N2. The largest absolute Gasteiger partial charge is 0.313 e. The number of benzene rings is 1. The highest BCUT2D eigenvalue weighted by Gasteiger charge is 2.31. The van der Waals surface area contributed by atoms with E-state index in [1.165, 1.54) is 31.4 Å². The minimum Gasteiger partial charge on any atom is -0.313 e. The molecule has 2 fully saturated rings. The number of piperidine rings is 1. The van der Waals surface area contributed by atoms with Crippen LogP contribution in [0.3, 0.4) is 0 Å². The van der Waals surface area contributed by atoms with Crippen molar-refractivity contribution in [3.05, 3.63) is 30.3 Å². The molecule has 0 bridgehead atoms. The Hall–Kier alpha value is -1.15. The molecule has 2 atom stereocenters. The molecule has 2 aliphatic rings. The van der Waals surface area contributed by atoms with Crippen LogP contribution in [0.25, 0.3) is 0 Å². The van der Waals surface area contributed by atoms with Crippen LogP contribution in [0.15, 0.2) is 35.3 Å². The minimum absolute atomic E-state index is 0.692. The number of hydrogen-bond donors (Lipinski definition) is 1. The Balaban J connectivity index is 1.83. The van der Waals surface area contributed by atoms with Crippen molar-refractivity contribution in [3.8, 4) is 0 Å². The highest BCUT2D eigenvalue weighted by molar-refractivity contribution is 5.90. The second kappa shape index (κ2) is 5.01. The monoisotopic (exact) mass is 228 g/mol. The maximum Gasteiger partial charge on any atom is 0.0629 e. The maximum absolute atomic E-state index is 4.88. The molecule has 1 saturated carbocycles. The molecule has 1 aliphatic carbocycles. The molecule has 0 unspecified atom stereocenters. The molecule has 0 amide bonds. The molecule has 0 radical (unpaired) electrons. The fourth-order valence-electron chi connectivity index (χ4n) is 3.15. The summed E-state index contributed by atoms with van der Waals surface area (Å²) in [7, 11) is 0. The van der Waals surface area contributed by atoms with Crippen LogP contribution in [0.1, 0.15) is 32.1 Å². The van der Waals surface area contributed by atoms with Gasteiger partial charge < -0.3 is 5.32 Å². The van der Waals surface area contributed by atoms with Crippen LogP contribution < -0.4 is 5.32 Å². The van der Waals surface area contributed by atoms with E-state index in [4.69, 9.17) is 4.99 Å². The lowest BCUT2D eigenvalue weighted by atomic mass is 9.78. The number of hydrogen-bond acceptors (Lipinski definition) is 2. The van der Waals surface area contributed by atoms with Gasteiger partial charge in [0.15, 0.2) is 0 Å². The molecule has 17 heavy (non-hydrogen) atoms. The standard InChI is InChI=1S/C15H20N2/c1-2-6-12(7-3-1)17-15-10-11-16-14-9-5-4-8-13(14)15/h1-3,6-7,13-14,16H,4-5,8-11H2/t13-,14-/m1/s1. The second-order valence-electron chi connectivity index (χ2n) is 5.14. The molecule has 1 heterocycles. The lowest BCUT2D eigenvalue weighted by molar-refractivity contribution is 0.305. The van der Waals surface area contributed by atoms with Gasteiger partial charge in [0.1, 0.15) is 0 Å². The molecule has 2 nitrogen and oxygen atoms in total. The normalized spacial score (nSPS) is 31.2. The van der Waals surface area contributed by atoms with E-state index in [0.29, 0.717) is 12.0 Å². The number of nitrogens with one attached hydrogen (secondary N) is 1. The van der Waals surface area contributed by atoms with E-state index >= 15 is 0 Å². The van der Waals surface area contributed by atoms with Gasteiger partial charge in [-0.05, 0) is 31.4 Å². The van der Waals surface area contributed by atoms with Gasteiger partial charge in [-0.25, -0.2) is 0 Å². The van der Waals surface area contributed by atoms with Crippen LogP contribution in [0.2, 0.25) is 0 Å². The number of aliphatic imine (C=N–C) groups is 1. The zero-order valence-electron chi connectivity index (χ0n) is 10.2. The topological polar surface area (TPSA) is 24.4 Å². The van der Waals surface area contributed by atoms with E-state index in [2.05, 4.69) is 35.6 Å². The highest BCUT2D eigenvalue weighted by atomic mass is 15.0. The van der Waals surface area contributed by atoms with Crippen molar-refractivity contribution in [1.82, 2.24) is 5.32 Å². The third kappa shape index (κ3) is 2.42. The summed E-state index contributed by atoms with van der Waals surface area (Å²) in [6.07, 6.45) is 6.53. The SMILES string of the molecule is c1ccc(N=C2CCN[C@@H]3CCCC[C@@H]23)cc1. The van der Waals surface area contributed by atoms with Crippen molar-refractivity contribution in [3.63, 3.8) is 0 Å². The molecule has 1 aliphatic heterocycles.